The van der Waals surface area contributed by atoms with Crippen LogP contribution >= 0.6 is 0 Å². The summed E-state index contributed by atoms with van der Waals surface area (Å²) in [5.74, 6) is 1.53. The van der Waals surface area contributed by atoms with E-state index >= 15 is 0 Å². The molecule has 3 aliphatic heterocycles. The number of carbonyl (C=O) groups is 2. The highest BCUT2D eigenvalue weighted by atomic mass is 16.5. The molecular weight excluding hydrogens is 606 g/mol. The largest absolute Gasteiger partial charge is 0.507 e. The van der Waals surface area contributed by atoms with E-state index in [1.807, 2.05) is 74.2 Å². The zero-order valence-electron chi connectivity index (χ0n) is 27.4. The number of benzene rings is 4. The Hall–Kier alpha value is -5.57. The summed E-state index contributed by atoms with van der Waals surface area (Å²) >= 11 is 0. The molecule has 244 valence electrons. The molecule has 2 N–H and O–H groups in total. The number of nitrogens with one attached hydrogen (secondary N) is 1. The topological polar surface area (TPSA) is 110 Å². The van der Waals surface area contributed by atoms with Crippen molar-refractivity contribution in [1.82, 2.24) is 15.2 Å². The normalized spacial score (nSPS) is 16.0. The van der Waals surface area contributed by atoms with E-state index < -0.39 is 11.9 Å². The van der Waals surface area contributed by atoms with Crippen LogP contribution in [0.25, 0.3) is 10.9 Å². The third-order valence-corrected chi connectivity index (χ3v) is 9.03. The highest BCUT2D eigenvalue weighted by Gasteiger charge is 2.34. The summed E-state index contributed by atoms with van der Waals surface area (Å²) in [5.41, 5.74) is 7.37. The molecule has 8 bridgehead atoms. The van der Waals surface area contributed by atoms with Gasteiger partial charge in [-0.3, -0.25) is 14.6 Å². The molecule has 1 aromatic heterocycles. The van der Waals surface area contributed by atoms with Gasteiger partial charge in [0.2, 0.25) is 0 Å². The first-order chi connectivity index (χ1) is 23.2. The molecule has 5 aromatic rings. The lowest BCUT2D eigenvalue weighted by atomic mass is 9.87. The fourth-order valence-electron chi connectivity index (χ4n) is 6.88. The predicted octanol–water partition coefficient (Wildman–Crippen LogP) is 6.97. The highest BCUT2D eigenvalue weighted by Crippen LogP contribution is 2.42. The van der Waals surface area contributed by atoms with Crippen molar-refractivity contribution in [2.75, 3.05) is 26.8 Å². The van der Waals surface area contributed by atoms with Gasteiger partial charge in [-0.1, -0.05) is 18.2 Å². The monoisotopic (exact) mass is 643 g/mol. The number of aromatic nitrogens is 1. The van der Waals surface area contributed by atoms with E-state index in [1.165, 1.54) is 12.1 Å². The number of phenolic OH excluding ortho intramolecular Hbond substituents is 1. The lowest BCUT2D eigenvalue weighted by Gasteiger charge is -2.38. The first-order valence-electron chi connectivity index (χ1n) is 16.1. The van der Waals surface area contributed by atoms with Gasteiger partial charge in [-0.2, -0.15) is 0 Å². The summed E-state index contributed by atoms with van der Waals surface area (Å²) in [6.45, 7) is 7.11. The standard InChI is InChI=1S/C39H37N3O6/c1-22-16-23(2)36-31(18-24(3)41-32(36)17-22)39(45)42-14-12-25-19-27-7-9-29(25)37(42)26-6-11-34(46-4)35(20-26)47-15-5-13-40-38(44)30-21-28(48-27)8-10-33(30)43/h6-11,16-21,37,43H,5,12-15H2,1-4H3,(H,40,44). The molecule has 0 aliphatic carbocycles. The van der Waals surface area contributed by atoms with Crippen LogP contribution in [0.4, 0.5) is 0 Å². The van der Waals surface area contributed by atoms with Crippen LogP contribution in [0.5, 0.6) is 28.7 Å². The van der Waals surface area contributed by atoms with E-state index in [4.69, 9.17) is 19.2 Å². The molecule has 0 saturated carbocycles. The van der Waals surface area contributed by atoms with Gasteiger partial charge in [-0.15, -0.1) is 0 Å². The number of aryl methyl sites for hydroxylation is 3. The zero-order chi connectivity index (χ0) is 33.5. The van der Waals surface area contributed by atoms with Crippen molar-refractivity contribution < 1.29 is 28.9 Å². The van der Waals surface area contributed by atoms with Crippen molar-refractivity contribution in [2.24, 2.45) is 0 Å². The van der Waals surface area contributed by atoms with Gasteiger partial charge < -0.3 is 29.5 Å². The quantitative estimate of drug-likeness (QED) is 0.214. The molecule has 0 fully saturated rings. The van der Waals surface area contributed by atoms with Crippen molar-refractivity contribution in [3.63, 3.8) is 0 Å². The predicted molar refractivity (Wildman–Crippen MR) is 183 cm³/mol. The van der Waals surface area contributed by atoms with Crippen LogP contribution in [0, 0.1) is 20.8 Å². The Bertz CT molecular complexity index is 2090. The fraction of sp³-hybridized carbons (Fsp3) is 0.256. The molecule has 3 aliphatic rings. The van der Waals surface area contributed by atoms with Gasteiger partial charge in [-0.25, -0.2) is 0 Å². The lowest BCUT2D eigenvalue weighted by molar-refractivity contribution is 0.0695. The summed E-state index contributed by atoms with van der Waals surface area (Å²) in [7, 11) is 1.59. The number of carbonyl (C=O) groups excluding carboxylic acids is 2. The number of methoxy groups -OCH3 is 1. The molecule has 0 saturated heterocycles. The number of rotatable bonds is 2. The van der Waals surface area contributed by atoms with E-state index in [9.17, 15) is 14.7 Å². The SMILES string of the molecule is COc1ccc2cc1OCCCNC(=O)c1cc(ccc1O)Oc1ccc3c(c1)CCN(C(=O)c1cc(C)nc4cc(C)cc(C)c14)C23. The zero-order valence-corrected chi connectivity index (χ0v) is 27.4. The van der Waals surface area contributed by atoms with Crippen LogP contribution < -0.4 is 19.5 Å². The number of pyridine rings is 1. The van der Waals surface area contributed by atoms with Crippen molar-refractivity contribution in [2.45, 2.75) is 39.7 Å². The number of amides is 2. The molecule has 0 spiro atoms. The molecule has 4 heterocycles. The number of aromatic hydroxyl groups is 1. The minimum atomic E-state index is -0.420. The van der Waals surface area contributed by atoms with Gasteiger partial charge in [-0.05, 0) is 116 Å². The van der Waals surface area contributed by atoms with E-state index in [1.54, 1.807) is 13.2 Å². The van der Waals surface area contributed by atoms with E-state index in [0.29, 0.717) is 61.1 Å². The van der Waals surface area contributed by atoms with Gasteiger partial charge in [0.1, 0.15) is 17.2 Å². The van der Waals surface area contributed by atoms with Crippen molar-refractivity contribution >= 4 is 22.7 Å². The number of fused-ring (bicyclic) bond motifs is 7. The Morgan fingerprint density at radius 3 is 2.65 bits per heavy atom. The van der Waals surface area contributed by atoms with Gasteiger partial charge in [0, 0.05) is 24.2 Å². The first-order valence-corrected chi connectivity index (χ1v) is 16.1. The number of nitrogens with zero attached hydrogens (tertiary/aromatic N) is 2. The maximum atomic E-state index is 14.8. The maximum absolute atomic E-state index is 14.8. The Kier molecular flexibility index (Phi) is 8.12. The van der Waals surface area contributed by atoms with E-state index in [2.05, 4.69) is 11.4 Å². The minimum absolute atomic E-state index is 0.0683. The molecule has 9 nitrogen and oxygen atoms in total. The van der Waals surface area contributed by atoms with Crippen molar-refractivity contribution in [3.8, 4) is 28.7 Å². The van der Waals surface area contributed by atoms with Crippen molar-refractivity contribution in [3.05, 3.63) is 117 Å². The molecule has 9 heteroatoms. The Morgan fingerprint density at radius 1 is 1.00 bits per heavy atom. The van der Waals surface area contributed by atoms with Crippen molar-refractivity contribution in [1.29, 1.82) is 0 Å². The van der Waals surface area contributed by atoms with Crippen LogP contribution in [0.2, 0.25) is 0 Å². The fourth-order valence-corrected chi connectivity index (χ4v) is 6.88. The molecule has 1 atom stereocenters. The minimum Gasteiger partial charge on any atom is -0.507 e. The second kappa shape index (κ2) is 12.6. The molecule has 0 radical (unpaired) electrons. The number of phenols is 1. The molecule has 1 unspecified atom stereocenters. The Labute approximate surface area is 279 Å². The van der Waals surface area contributed by atoms with Gasteiger partial charge in [0.05, 0.1) is 36.4 Å². The summed E-state index contributed by atoms with van der Waals surface area (Å²) in [5, 5.41) is 14.1. The Balaban J connectivity index is 1.37. The van der Waals surface area contributed by atoms with Gasteiger partial charge in [0.25, 0.3) is 11.8 Å². The smallest absolute Gasteiger partial charge is 0.255 e. The molecule has 48 heavy (non-hydrogen) atoms. The van der Waals surface area contributed by atoms with Crippen LogP contribution in [-0.2, 0) is 6.42 Å². The number of hydrogen-bond donors (Lipinski definition) is 2. The Morgan fingerprint density at radius 2 is 1.81 bits per heavy atom. The van der Waals surface area contributed by atoms with Gasteiger partial charge >= 0.3 is 0 Å². The number of hydrogen-bond acceptors (Lipinski definition) is 7. The summed E-state index contributed by atoms with van der Waals surface area (Å²) in [4.78, 5) is 34.4. The average molecular weight is 644 g/mol. The third-order valence-electron chi connectivity index (χ3n) is 9.03. The van der Waals surface area contributed by atoms with Crippen LogP contribution in [0.15, 0.2) is 72.8 Å². The second-order valence-electron chi connectivity index (χ2n) is 12.4. The molecule has 2 amide bonds. The third kappa shape index (κ3) is 5.76. The van der Waals surface area contributed by atoms with E-state index in [0.717, 1.165) is 44.4 Å². The van der Waals surface area contributed by atoms with Crippen LogP contribution in [0.3, 0.4) is 0 Å². The number of ether oxygens (including phenoxy) is 3. The van der Waals surface area contributed by atoms with Crippen LogP contribution in [-0.4, -0.2) is 53.6 Å². The lowest BCUT2D eigenvalue weighted by Crippen LogP contribution is -2.40. The second-order valence-corrected chi connectivity index (χ2v) is 12.4. The highest BCUT2D eigenvalue weighted by molar-refractivity contribution is 6.08. The van der Waals surface area contributed by atoms with E-state index in [-0.39, 0.29) is 17.2 Å². The molecule has 4 aromatic carbocycles. The summed E-state index contributed by atoms with van der Waals surface area (Å²) < 4.78 is 18.1. The van der Waals surface area contributed by atoms with Crippen LogP contribution in [0.1, 0.15) is 66.7 Å². The maximum Gasteiger partial charge on any atom is 0.255 e. The summed E-state index contributed by atoms with van der Waals surface area (Å²) in [6, 6.07) is 21.9. The molecule has 8 rings (SSSR count). The first kappa shape index (κ1) is 31.1. The summed E-state index contributed by atoms with van der Waals surface area (Å²) in [6.07, 6.45) is 1.12. The average Bonchev–Trinajstić information content (AvgIpc) is 3.06. The molecular formula is C39H37N3O6. The van der Waals surface area contributed by atoms with Gasteiger partial charge in [0.15, 0.2) is 11.5 Å².